The van der Waals surface area contributed by atoms with E-state index in [1.807, 2.05) is 0 Å². The van der Waals surface area contributed by atoms with E-state index in [2.05, 4.69) is 16.4 Å². The molecule has 1 heterocycles. The van der Waals surface area contributed by atoms with Crippen molar-refractivity contribution < 1.29 is 4.52 Å². The molecule has 4 nitrogen and oxygen atoms in total. The lowest BCUT2D eigenvalue weighted by molar-refractivity contribution is 0.349. The zero-order valence-corrected chi connectivity index (χ0v) is 9.09. The molecular weight excluding hydrogens is 198 g/mol. The fraction of sp³-hybridized carbons (Fsp3) is 0.778. The predicted molar refractivity (Wildman–Crippen MR) is 56.2 cm³/mol. The normalized spacial score (nSPS) is 18.4. The first kappa shape index (κ1) is 9.98. The van der Waals surface area contributed by atoms with E-state index in [1.165, 1.54) is 12.8 Å². The Morgan fingerprint density at radius 2 is 2.43 bits per heavy atom. The number of aromatic nitrogens is 2. The molecule has 0 amide bonds. The first-order valence-electron chi connectivity index (χ1n) is 4.89. The van der Waals surface area contributed by atoms with E-state index in [0.29, 0.717) is 11.8 Å². The number of rotatable bonds is 5. The highest BCUT2D eigenvalue weighted by Crippen LogP contribution is 2.38. The van der Waals surface area contributed by atoms with Crippen molar-refractivity contribution in [3.63, 3.8) is 0 Å². The second-order valence-corrected chi connectivity index (χ2v) is 4.64. The van der Waals surface area contributed by atoms with Gasteiger partial charge in [0.2, 0.25) is 5.89 Å². The van der Waals surface area contributed by atoms with Crippen molar-refractivity contribution in [2.45, 2.75) is 31.2 Å². The van der Waals surface area contributed by atoms with Gasteiger partial charge in [-0.3, -0.25) is 0 Å². The number of thioether (sulfide) groups is 1. The molecule has 1 aromatic rings. The molecule has 0 saturated heterocycles. The van der Waals surface area contributed by atoms with Crippen molar-refractivity contribution in [1.82, 2.24) is 10.1 Å². The highest BCUT2D eigenvalue weighted by atomic mass is 32.2. The molecule has 0 radical (unpaired) electrons. The van der Waals surface area contributed by atoms with Gasteiger partial charge in [-0.15, -0.1) is 0 Å². The molecule has 1 fully saturated rings. The molecule has 1 aliphatic rings. The summed E-state index contributed by atoms with van der Waals surface area (Å²) < 4.78 is 5.13. The Morgan fingerprint density at radius 1 is 1.64 bits per heavy atom. The molecule has 1 saturated carbocycles. The fourth-order valence-corrected chi connectivity index (χ4v) is 1.76. The second kappa shape index (κ2) is 4.31. The van der Waals surface area contributed by atoms with E-state index in [4.69, 9.17) is 10.3 Å². The van der Waals surface area contributed by atoms with Crippen LogP contribution in [-0.2, 0) is 0 Å². The van der Waals surface area contributed by atoms with Crippen LogP contribution in [0, 0.1) is 0 Å². The van der Waals surface area contributed by atoms with E-state index in [1.54, 1.807) is 11.8 Å². The summed E-state index contributed by atoms with van der Waals surface area (Å²) in [4.78, 5) is 4.31. The van der Waals surface area contributed by atoms with E-state index in [0.717, 1.165) is 18.0 Å². The third-order valence-corrected chi connectivity index (χ3v) is 2.99. The van der Waals surface area contributed by atoms with E-state index in [-0.39, 0.29) is 6.04 Å². The summed E-state index contributed by atoms with van der Waals surface area (Å²) in [5.41, 5.74) is 5.91. The van der Waals surface area contributed by atoms with Gasteiger partial charge in [0.25, 0.3) is 0 Å². The molecule has 2 N–H and O–H groups in total. The molecule has 0 spiro atoms. The van der Waals surface area contributed by atoms with Gasteiger partial charge < -0.3 is 10.3 Å². The van der Waals surface area contributed by atoms with Crippen LogP contribution in [0.1, 0.15) is 42.9 Å². The Hall–Kier alpha value is -0.550. The van der Waals surface area contributed by atoms with Crippen LogP contribution in [0.15, 0.2) is 4.52 Å². The summed E-state index contributed by atoms with van der Waals surface area (Å²) in [7, 11) is 0. The van der Waals surface area contributed by atoms with Crippen molar-refractivity contribution in [3.05, 3.63) is 11.7 Å². The van der Waals surface area contributed by atoms with Crippen LogP contribution in [0.5, 0.6) is 0 Å². The standard InChI is InChI=1S/C9H15N3OS/c1-14-5-4-7(10)9-11-8(12-13-9)6-2-3-6/h6-7H,2-5,10H2,1H3. The zero-order chi connectivity index (χ0) is 9.97. The lowest BCUT2D eigenvalue weighted by Crippen LogP contribution is -2.11. The average molecular weight is 213 g/mol. The first-order valence-corrected chi connectivity index (χ1v) is 6.28. The Balaban J connectivity index is 1.93. The third-order valence-electron chi connectivity index (χ3n) is 2.35. The average Bonchev–Trinajstić information content (AvgIpc) is 2.93. The lowest BCUT2D eigenvalue weighted by Gasteiger charge is -2.03. The van der Waals surface area contributed by atoms with Crippen LogP contribution in [0.2, 0.25) is 0 Å². The van der Waals surface area contributed by atoms with Gasteiger partial charge in [-0.25, -0.2) is 0 Å². The van der Waals surface area contributed by atoms with Gasteiger partial charge in [-0.1, -0.05) is 5.16 Å². The van der Waals surface area contributed by atoms with Crippen LogP contribution >= 0.6 is 11.8 Å². The van der Waals surface area contributed by atoms with Gasteiger partial charge in [-0.2, -0.15) is 16.7 Å². The number of nitrogens with zero attached hydrogens (tertiary/aromatic N) is 2. The maximum Gasteiger partial charge on any atom is 0.243 e. The SMILES string of the molecule is CSCCC(N)c1nc(C2CC2)no1. The van der Waals surface area contributed by atoms with Crippen molar-refractivity contribution in [2.75, 3.05) is 12.0 Å². The quantitative estimate of drug-likeness (QED) is 0.806. The van der Waals surface area contributed by atoms with Crippen molar-refractivity contribution in [3.8, 4) is 0 Å². The Morgan fingerprint density at radius 3 is 3.07 bits per heavy atom. The highest BCUT2D eigenvalue weighted by molar-refractivity contribution is 7.98. The molecule has 1 aliphatic carbocycles. The lowest BCUT2D eigenvalue weighted by atomic mass is 10.2. The maximum atomic E-state index is 5.91. The summed E-state index contributed by atoms with van der Waals surface area (Å²) in [5.74, 6) is 3.02. The van der Waals surface area contributed by atoms with Gasteiger partial charge in [-0.05, 0) is 31.3 Å². The molecule has 2 rings (SSSR count). The van der Waals surface area contributed by atoms with Gasteiger partial charge >= 0.3 is 0 Å². The smallest absolute Gasteiger partial charge is 0.243 e. The van der Waals surface area contributed by atoms with E-state index in [9.17, 15) is 0 Å². The van der Waals surface area contributed by atoms with Crippen LogP contribution < -0.4 is 5.73 Å². The van der Waals surface area contributed by atoms with E-state index < -0.39 is 0 Å². The summed E-state index contributed by atoms with van der Waals surface area (Å²) in [6, 6.07) is -0.0950. The fourth-order valence-electron chi connectivity index (χ4n) is 1.27. The largest absolute Gasteiger partial charge is 0.338 e. The van der Waals surface area contributed by atoms with Crippen LogP contribution in [0.3, 0.4) is 0 Å². The molecule has 0 aromatic carbocycles. The monoisotopic (exact) mass is 213 g/mol. The second-order valence-electron chi connectivity index (χ2n) is 3.65. The molecule has 14 heavy (non-hydrogen) atoms. The van der Waals surface area contributed by atoms with Crippen LogP contribution in [0.25, 0.3) is 0 Å². The molecule has 0 bridgehead atoms. The molecule has 1 unspecified atom stereocenters. The number of hydrogen-bond donors (Lipinski definition) is 1. The molecule has 0 aliphatic heterocycles. The maximum absolute atomic E-state index is 5.91. The van der Waals surface area contributed by atoms with Crippen LogP contribution in [-0.4, -0.2) is 22.1 Å². The van der Waals surface area contributed by atoms with Crippen molar-refractivity contribution in [2.24, 2.45) is 5.73 Å². The number of hydrogen-bond acceptors (Lipinski definition) is 5. The molecule has 78 valence electrons. The first-order chi connectivity index (χ1) is 6.81. The topological polar surface area (TPSA) is 64.9 Å². The summed E-state index contributed by atoms with van der Waals surface area (Å²) >= 11 is 1.78. The minimum Gasteiger partial charge on any atom is -0.338 e. The Bertz CT molecular complexity index is 298. The molecule has 1 aromatic heterocycles. The van der Waals surface area contributed by atoms with Crippen molar-refractivity contribution in [1.29, 1.82) is 0 Å². The minimum absolute atomic E-state index is 0.0950. The molecular formula is C9H15N3OS. The molecule has 5 heteroatoms. The van der Waals surface area contributed by atoms with Gasteiger partial charge in [0.05, 0.1) is 6.04 Å². The van der Waals surface area contributed by atoms with Crippen LogP contribution in [0.4, 0.5) is 0 Å². The van der Waals surface area contributed by atoms with Gasteiger partial charge in [0.15, 0.2) is 5.82 Å². The molecule has 1 atom stereocenters. The van der Waals surface area contributed by atoms with Crippen molar-refractivity contribution >= 4 is 11.8 Å². The Kier molecular flexibility index (Phi) is 3.08. The van der Waals surface area contributed by atoms with Gasteiger partial charge in [0, 0.05) is 5.92 Å². The predicted octanol–water partition coefficient (Wildman–Crippen LogP) is 1.70. The summed E-state index contributed by atoms with van der Waals surface area (Å²) in [6.45, 7) is 0. The van der Waals surface area contributed by atoms with E-state index >= 15 is 0 Å². The summed E-state index contributed by atoms with van der Waals surface area (Å²) in [5, 5.41) is 3.93. The summed E-state index contributed by atoms with van der Waals surface area (Å²) in [6.07, 6.45) is 5.35. The minimum atomic E-state index is -0.0950. The zero-order valence-electron chi connectivity index (χ0n) is 8.27. The number of nitrogens with two attached hydrogens (primary N) is 1. The van der Waals surface area contributed by atoms with Gasteiger partial charge in [0.1, 0.15) is 0 Å². The highest BCUT2D eigenvalue weighted by Gasteiger charge is 2.29. The Labute approximate surface area is 87.6 Å². The third kappa shape index (κ3) is 2.27.